The van der Waals surface area contributed by atoms with E-state index >= 15 is 0 Å². The zero-order chi connectivity index (χ0) is 27.5. The first-order valence-corrected chi connectivity index (χ1v) is 13.0. The summed E-state index contributed by atoms with van der Waals surface area (Å²) in [6.07, 6.45) is 3.14. The van der Waals surface area contributed by atoms with E-state index in [1.54, 1.807) is 42.5 Å². The number of nitrogens with zero attached hydrogens (tertiary/aromatic N) is 6. The molecule has 200 valence electrons. The maximum Gasteiger partial charge on any atom is 0.273 e. The minimum atomic E-state index is -0.621. The van der Waals surface area contributed by atoms with Gasteiger partial charge in [0.15, 0.2) is 5.82 Å². The molecule has 2 atom stereocenters. The number of hydrogen-bond donors (Lipinski definition) is 1. The van der Waals surface area contributed by atoms with Gasteiger partial charge in [-0.05, 0) is 55.8 Å². The van der Waals surface area contributed by atoms with Crippen LogP contribution in [0.25, 0.3) is 22.8 Å². The average Bonchev–Trinajstić information content (AvgIpc) is 3.22. The zero-order valence-corrected chi connectivity index (χ0v) is 22.4. The fourth-order valence-electron chi connectivity index (χ4n) is 5.10. The molecule has 0 spiro atoms. The third-order valence-corrected chi connectivity index (χ3v) is 7.67. The maximum atomic E-state index is 13.5. The van der Waals surface area contributed by atoms with Crippen LogP contribution < -0.4 is 10.5 Å². The van der Waals surface area contributed by atoms with Crippen molar-refractivity contribution in [1.29, 1.82) is 0 Å². The molecule has 4 aromatic rings. The van der Waals surface area contributed by atoms with E-state index in [-0.39, 0.29) is 34.7 Å². The third kappa shape index (κ3) is 4.74. The van der Waals surface area contributed by atoms with Gasteiger partial charge in [0.2, 0.25) is 5.88 Å². The molecule has 6 rings (SSSR count). The van der Waals surface area contributed by atoms with E-state index in [1.165, 1.54) is 16.8 Å². The van der Waals surface area contributed by atoms with Gasteiger partial charge in [-0.1, -0.05) is 11.6 Å². The van der Waals surface area contributed by atoms with Gasteiger partial charge in [0.1, 0.15) is 28.3 Å². The molecule has 1 aliphatic carbocycles. The van der Waals surface area contributed by atoms with Crippen molar-refractivity contribution in [1.82, 2.24) is 29.6 Å². The highest BCUT2D eigenvalue weighted by molar-refractivity contribution is 6.35. The van der Waals surface area contributed by atoms with Crippen LogP contribution in [0.4, 0.5) is 4.39 Å². The van der Waals surface area contributed by atoms with Crippen LogP contribution in [-0.4, -0.2) is 54.7 Å². The Bertz CT molecular complexity index is 1540. The van der Waals surface area contributed by atoms with Crippen molar-refractivity contribution in [3.8, 4) is 28.7 Å². The van der Waals surface area contributed by atoms with Crippen LogP contribution in [0.1, 0.15) is 29.9 Å². The van der Waals surface area contributed by atoms with Crippen LogP contribution >= 0.6 is 11.6 Å². The molecule has 3 aromatic heterocycles. The van der Waals surface area contributed by atoms with Crippen molar-refractivity contribution in [3.05, 3.63) is 77.0 Å². The molecule has 2 unspecified atom stereocenters. The van der Waals surface area contributed by atoms with Crippen LogP contribution in [0.5, 0.6) is 5.88 Å². The van der Waals surface area contributed by atoms with Gasteiger partial charge < -0.3 is 15.4 Å². The van der Waals surface area contributed by atoms with Crippen LogP contribution in [0, 0.1) is 17.7 Å². The predicted octanol–water partition coefficient (Wildman–Crippen LogP) is 4.07. The van der Waals surface area contributed by atoms with E-state index in [4.69, 9.17) is 22.1 Å². The largest absolute Gasteiger partial charge is 0.474 e. The fourth-order valence-corrected chi connectivity index (χ4v) is 5.43. The number of ether oxygens (including phenoxy) is 1. The van der Waals surface area contributed by atoms with Gasteiger partial charge in [-0.2, -0.15) is 5.10 Å². The highest BCUT2D eigenvalue weighted by Crippen LogP contribution is 2.48. The molecule has 11 heteroatoms. The minimum absolute atomic E-state index is 0.0611. The summed E-state index contributed by atoms with van der Waals surface area (Å²) in [7, 11) is 1.69. The molecule has 0 bridgehead atoms. The number of halogens is 2. The summed E-state index contributed by atoms with van der Waals surface area (Å²) in [5.74, 6) is 0.696. The Balaban J connectivity index is 1.17. The SMILES string of the molecule is Cn1nc(-c2ncccn2)c(Cl)c1C(=O)N1CC2C(C1)C2Oc1cc(C(C)(C)N)cc(-c2ccc(F)cc2)n1. The summed E-state index contributed by atoms with van der Waals surface area (Å²) in [6, 6.07) is 11.6. The number of carbonyl (C=O) groups excluding carboxylic acids is 1. The molecule has 0 radical (unpaired) electrons. The lowest BCUT2D eigenvalue weighted by molar-refractivity contribution is 0.0741. The van der Waals surface area contributed by atoms with Crippen LogP contribution in [-0.2, 0) is 12.6 Å². The van der Waals surface area contributed by atoms with E-state index in [9.17, 15) is 9.18 Å². The van der Waals surface area contributed by atoms with Gasteiger partial charge in [0.25, 0.3) is 5.91 Å². The van der Waals surface area contributed by atoms with E-state index < -0.39 is 5.54 Å². The lowest BCUT2D eigenvalue weighted by atomic mass is 9.95. The summed E-state index contributed by atoms with van der Waals surface area (Å²) < 4.78 is 21.3. The highest BCUT2D eigenvalue weighted by Gasteiger charge is 2.59. The number of piperidine rings is 1. The molecule has 2 aliphatic rings. The summed E-state index contributed by atoms with van der Waals surface area (Å²) in [5.41, 5.74) is 8.74. The monoisotopic (exact) mass is 547 g/mol. The van der Waals surface area contributed by atoms with Crippen molar-refractivity contribution in [3.63, 3.8) is 0 Å². The van der Waals surface area contributed by atoms with Gasteiger partial charge in [-0.3, -0.25) is 9.48 Å². The Morgan fingerprint density at radius 3 is 2.44 bits per heavy atom. The van der Waals surface area contributed by atoms with Gasteiger partial charge in [0, 0.05) is 61.5 Å². The first kappa shape index (κ1) is 25.4. The van der Waals surface area contributed by atoms with Gasteiger partial charge in [-0.25, -0.2) is 19.3 Å². The fraction of sp³-hybridized carbons (Fsp3) is 0.321. The molecule has 1 amide bonds. The molecule has 1 aromatic carbocycles. The molecule has 1 aliphatic heterocycles. The third-order valence-electron chi connectivity index (χ3n) is 7.31. The van der Waals surface area contributed by atoms with Crippen LogP contribution in [0.15, 0.2) is 54.9 Å². The first-order valence-electron chi connectivity index (χ1n) is 12.6. The number of aryl methyl sites for hydroxylation is 1. The van der Waals surface area contributed by atoms with Crippen LogP contribution in [0.2, 0.25) is 5.02 Å². The van der Waals surface area contributed by atoms with Gasteiger partial charge in [-0.15, -0.1) is 0 Å². The summed E-state index contributed by atoms with van der Waals surface area (Å²) in [4.78, 5) is 28.3. The molecule has 9 nitrogen and oxygen atoms in total. The number of likely N-dealkylation sites (tertiary alicyclic amines) is 1. The van der Waals surface area contributed by atoms with Crippen molar-refractivity contribution >= 4 is 17.5 Å². The Kier molecular flexibility index (Phi) is 6.11. The molecule has 2 fully saturated rings. The quantitative estimate of drug-likeness (QED) is 0.387. The van der Waals surface area contributed by atoms with Crippen molar-refractivity contribution in [2.75, 3.05) is 13.1 Å². The van der Waals surface area contributed by atoms with Crippen molar-refractivity contribution in [2.24, 2.45) is 24.6 Å². The smallest absolute Gasteiger partial charge is 0.273 e. The number of amides is 1. The predicted molar refractivity (Wildman–Crippen MR) is 143 cm³/mol. The average molecular weight is 548 g/mol. The maximum absolute atomic E-state index is 13.5. The lowest BCUT2D eigenvalue weighted by Gasteiger charge is -2.22. The number of pyridine rings is 1. The topological polar surface area (TPSA) is 112 Å². The molecule has 1 saturated carbocycles. The Morgan fingerprint density at radius 1 is 1.13 bits per heavy atom. The second kappa shape index (κ2) is 9.39. The number of carbonyl (C=O) groups is 1. The number of aromatic nitrogens is 5. The van der Waals surface area contributed by atoms with E-state index in [1.807, 2.05) is 26.0 Å². The van der Waals surface area contributed by atoms with Gasteiger partial charge >= 0.3 is 0 Å². The summed E-state index contributed by atoms with van der Waals surface area (Å²) in [6.45, 7) is 4.91. The van der Waals surface area contributed by atoms with Crippen LogP contribution in [0.3, 0.4) is 0 Å². The number of rotatable bonds is 6. The van der Waals surface area contributed by atoms with Crippen molar-refractivity contribution in [2.45, 2.75) is 25.5 Å². The number of fused-ring (bicyclic) bond motifs is 1. The Morgan fingerprint density at radius 2 is 1.79 bits per heavy atom. The van der Waals surface area contributed by atoms with E-state index in [0.29, 0.717) is 41.9 Å². The minimum Gasteiger partial charge on any atom is -0.474 e. The van der Waals surface area contributed by atoms with E-state index in [0.717, 1.165) is 11.1 Å². The first-order chi connectivity index (χ1) is 18.6. The molecule has 39 heavy (non-hydrogen) atoms. The number of benzene rings is 1. The summed E-state index contributed by atoms with van der Waals surface area (Å²) >= 11 is 6.57. The molecular weight excluding hydrogens is 521 g/mol. The second-order valence-electron chi connectivity index (χ2n) is 10.6. The second-order valence-corrected chi connectivity index (χ2v) is 11.0. The zero-order valence-electron chi connectivity index (χ0n) is 21.7. The Labute approximate surface area is 229 Å². The standard InChI is InChI=1S/C28H27ClFN7O2/c1-28(2,31)16-11-20(15-5-7-17(30)8-6-15)34-21(12-16)39-25-18-13-37(14-19(18)25)27(38)24-22(29)23(35-36(24)3)26-32-9-4-10-33-26/h4-12,18-19,25H,13-14,31H2,1-3H3. The molecule has 1 saturated heterocycles. The normalized spacial score (nSPS) is 20.2. The molecule has 2 N–H and O–H groups in total. The Hall–Kier alpha value is -3.89. The lowest BCUT2D eigenvalue weighted by Crippen LogP contribution is -2.34. The molecule has 4 heterocycles. The number of hydrogen-bond acceptors (Lipinski definition) is 7. The van der Waals surface area contributed by atoms with Gasteiger partial charge in [0.05, 0.1) is 5.69 Å². The number of nitrogens with two attached hydrogens (primary N) is 1. The molecular formula is C28H27ClFN7O2. The highest BCUT2D eigenvalue weighted by atomic mass is 35.5. The summed E-state index contributed by atoms with van der Waals surface area (Å²) in [5, 5.41) is 4.63. The van der Waals surface area contributed by atoms with Crippen molar-refractivity contribution < 1.29 is 13.9 Å². The van der Waals surface area contributed by atoms with E-state index in [2.05, 4.69) is 20.1 Å².